The minimum Gasteiger partial charge on any atom is -0.365 e. The molecule has 7 heteroatoms. The number of carbonyl (C=O) groups is 1. The zero-order valence-corrected chi connectivity index (χ0v) is 14.9. The number of piperazine rings is 1. The number of fused-ring (bicyclic) bond motifs is 1. The SMILES string of the molecule is C[C@H](C(N)=O)[NH+]1CCN(S(=O)(=O)c2ccc3c(c2)CCCC3)CC1. The molecule has 3 rings (SSSR count). The highest BCUT2D eigenvalue weighted by Crippen LogP contribution is 2.25. The molecule has 1 amide bonds. The highest BCUT2D eigenvalue weighted by atomic mass is 32.2. The summed E-state index contributed by atoms with van der Waals surface area (Å²) in [5, 5.41) is 0. The molecule has 0 saturated carbocycles. The fourth-order valence-electron chi connectivity index (χ4n) is 3.67. The van der Waals surface area contributed by atoms with Gasteiger partial charge in [-0.1, -0.05) is 6.07 Å². The molecular weight excluding hydrogens is 326 g/mol. The predicted molar refractivity (Wildman–Crippen MR) is 91.2 cm³/mol. The van der Waals surface area contributed by atoms with Gasteiger partial charge in [0.2, 0.25) is 10.0 Å². The molecule has 1 heterocycles. The maximum Gasteiger partial charge on any atom is 0.275 e. The lowest BCUT2D eigenvalue weighted by atomic mass is 9.92. The second-order valence-corrected chi connectivity index (χ2v) is 8.76. The molecule has 1 aromatic rings. The van der Waals surface area contributed by atoms with E-state index in [0.717, 1.165) is 24.2 Å². The van der Waals surface area contributed by atoms with Gasteiger partial charge in [0.1, 0.15) is 0 Å². The third-order valence-corrected chi connectivity index (χ3v) is 7.26. The molecule has 24 heavy (non-hydrogen) atoms. The first-order chi connectivity index (χ1) is 11.4. The van der Waals surface area contributed by atoms with Gasteiger partial charge in [0.25, 0.3) is 5.91 Å². The van der Waals surface area contributed by atoms with Crippen LogP contribution in [0.25, 0.3) is 0 Å². The van der Waals surface area contributed by atoms with Crippen LogP contribution in [0.3, 0.4) is 0 Å². The first kappa shape index (κ1) is 17.4. The van der Waals surface area contributed by atoms with Crippen LogP contribution in [-0.4, -0.2) is 50.9 Å². The van der Waals surface area contributed by atoms with Crippen molar-refractivity contribution in [2.24, 2.45) is 5.73 Å². The summed E-state index contributed by atoms with van der Waals surface area (Å²) in [6, 6.07) is 5.29. The van der Waals surface area contributed by atoms with E-state index in [1.165, 1.54) is 21.9 Å². The van der Waals surface area contributed by atoms with Gasteiger partial charge in [-0.25, -0.2) is 8.42 Å². The van der Waals surface area contributed by atoms with E-state index in [-0.39, 0.29) is 11.9 Å². The van der Waals surface area contributed by atoms with Crippen molar-refractivity contribution < 1.29 is 18.1 Å². The number of nitrogens with one attached hydrogen (secondary N) is 1. The average molecular weight is 352 g/mol. The molecule has 2 aliphatic rings. The van der Waals surface area contributed by atoms with Gasteiger partial charge in [-0.2, -0.15) is 4.31 Å². The lowest BCUT2D eigenvalue weighted by Crippen LogP contribution is -3.19. The molecule has 1 fully saturated rings. The van der Waals surface area contributed by atoms with Crippen LogP contribution < -0.4 is 10.6 Å². The summed E-state index contributed by atoms with van der Waals surface area (Å²) in [6.07, 6.45) is 4.32. The standard InChI is InChI=1S/C17H25N3O3S/c1-13(17(18)21)19-8-10-20(11-9-19)24(22,23)16-7-6-14-4-2-3-5-15(14)12-16/h6-7,12-13H,2-5,8-11H2,1H3,(H2,18,21)/p+1/t13-/m1/s1. The van der Waals surface area contributed by atoms with Crippen molar-refractivity contribution in [2.45, 2.75) is 43.5 Å². The molecule has 0 unspecified atom stereocenters. The van der Waals surface area contributed by atoms with E-state index >= 15 is 0 Å². The summed E-state index contributed by atoms with van der Waals surface area (Å²) >= 11 is 0. The Morgan fingerprint density at radius 1 is 1.17 bits per heavy atom. The minimum absolute atomic E-state index is 0.279. The van der Waals surface area contributed by atoms with E-state index in [1.807, 2.05) is 12.1 Å². The number of hydrogen-bond donors (Lipinski definition) is 2. The second-order valence-electron chi connectivity index (χ2n) is 6.82. The molecule has 1 aliphatic heterocycles. The Balaban J connectivity index is 1.74. The van der Waals surface area contributed by atoms with E-state index in [2.05, 4.69) is 0 Å². The van der Waals surface area contributed by atoms with Gasteiger partial charge < -0.3 is 10.6 Å². The highest BCUT2D eigenvalue weighted by Gasteiger charge is 2.34. The number of sulfonamides is 1. The minimum atomic E-state index is -3.46. The largest absolute Gasteiger partial charge is 0.365 e. The normalized spacial score (nSPS) is 21.2. The summed E-state index contributed by atoms with van der Waals surface area (Å²) in [4.78, 5) is 12.8. The summed E-state index contributed by atoms with van der Waals surface area (Å²) in [5.74, 6) is -0.337. The van der Waals surface area contributed by atoms with E-state index in [9.17, 15) is 13.2 Å². The van der Waals surface area contributed by atoms with Crippen molar-refractivity contribution in [1.82, 2.24) is 4.31 Å². The number of aryl methyl sites for hydroxylation is 2. The number of nitrogens with two attached hydrogens (primary N) is 1. The number of primary amides is 1. The molecule has 6 nitrogen and oxygen atoms in total. The quantitative estimate of drug-likeness (QED) is 0.754. The fraction of sp³-hybridized carbons (Fsp3) is 0.588. The van der Waals surface area contributed by atoms with Gasteiger partial charge in [0.05, 0.1) is 31.1 Å². The Morgan fingerprint density at radius 2 is 1.79 bits per heavy atom. The lowest BCUT2D eigenvalue weighted by Gasteiger charge is -2.33. The van der Waals surface area contributed by atoms with Crippen LogP contribution in [0.5, 0.6) is 0 Å². The van der Waals surface area contributed by atoms with Crippen molar-refractivity contribution in [3.05, 3.63) is 29.3 Å². The van der Waals surface area contributed by atoms with E-state index in [0.29, 0.717) is 31.1 Å². The molecule has 0 aromatic heterocycles. The number of hydrogen-bond acceptors (Lipinski definition) is 3. The predicted octanol–water partition coefficient (Wildman–Crippen LogP) is -0.672. The van der Waals surface area contributed by atoms with Crippen molar-refractivity contribution in [3.8, 4) is 0 Å². The Labute approximate surface area is 143 Å². The molecular formula is C17H26N3O3S+. The molecule has 0 spiro atoms. The molecule has 0 bridgehead atoms. The molecule has 1 atom stereocenters. The molecule has 0 radical (unpaired) electrons. The van der Waals surface area contributed by atoms with Crippen molar-refractivity contribution in [1.29, 1.82) is 0 Å². The van der Waals surface area contributed by atoms with Crippen LogP contribution in [0.1, 0.15) is 30.9 Å². The Bertz CT molecular complexity index is 725. The van der Waals surface area contributed by atoms with Gasteiger partial charge in [0, 0.05) is 0 Å². The van der Waals surface area contributed by atoms with Crippen LogP contribution in [0.2, 0.25) is 0 Å². The third kappa shape index (κ3) is 3.34. The van der Waals surface area contributed by atoms with E-state index in [4.69, 9.17) is 5.73 Å². The number of nitrogens with zero attached hydrogens (tertiary/aromatic N) is 1. The van der Waals surface area contributed by atoms with Crippen molar-refractivity contribution in [2.75, 3.05) is 26.2 Å². The molecule has 132 valence electrons. The highest BCUT2D eigenvalue weighted by molar-refractivity contribution is 7.89. The smallest absolute Gasteiger partial charge is 0.275 e. The topological polar surface area (TPSA) is 84.9 Å². The summed E-state index contributed by atoms with van der Waals surface area (Å²) in [5.41, 5.74) is 7.81. The van der Waals surface area contributed by atoms with Crippen LogP contribution in [-0.2, 0) is 27.7 Å². The zero-order valence-electron chi connectivity index (χ0n) is 14.1. The number of benzene rings is 1. The van der Waals surface area contributed by atoms with Gasteiger partial charge in [-0.15, -0.1) is 0 Å². The summed E-state index contributed by atoms with van der Waals surface area (Å²) in [7, 11) is -3.46. The van der Waals surface area contributed by atoms with Crippen molar-refractivity contribution >= 4 is 15.9 Å². The second kappa shape index (κ2) is 6.82. The van der Waals surface area contributed by atoms with Crippen molar-refractivity contribution in [3.63, 3.8) is 0 Å². The molecule has 3 N–H and O–H groups in total. The number of carbonyl (C=O) groups excluding carboxylic acids is 1. The maximum absolute atomic E-state index is 12.9. The van der Waals surface area contributed by atoms with Crippen LogP contribution >= 0.6 is 0 Å². The van der Waals surface area contributed by atoms with E-state index < -0.39 is 10.0 Å². The Kier molecular flexibility index (Phi) is 4.94. The average Bonchev–Trinajstić information content (AvgIpc) is 2.60. The third-order valence-electron chi connectivity index (χ3n) is 5.36. The van der Waals surface area contributed by atoms with E-state index in [1.54, 1.807) is 13.0 Å². The zero-order chi connectivity index (χ0) is 17.3. The lowest BCUT2D eigenvalue weighted by molar-refractivity contribution is -0.917. The molecule has 1 aromatic carbocycles. The monoisotopic (exact) mass is 352 g/mol. The first-order valence-electron chi connectivity index (χ1n) is 8.65. The fourth-order valence-corrected chi connectivity index (χ4v) is 5.16. The summed E-state index contributed by atoms with van der Waals surface area (Å²) < 4.78 is 27.4. The summed E-state index contributed by atoms with van der Waals surface area (Å²) in [6.45, 7) is 3.85. The Hall–Kier alpha value is -1.44. The molecule has 1 saturated heterocycles. The van der Waals surface area contributed by atoms with Gasteiger partial charge >= 0.3 is 0 Å². The maximum atomic E-state index is 12.9. The van der Waals surface area contributed by atoms with Gasteiger partial charge in [0.15, 0.2) is 6.04 Å². The van der Waals surface area contributed by atoms with Crippen LogP contribution in [0.15, 0.2) is 23.1 Å². The van der Waals surface area contributed by atoms with Crippen LogP contribution in [0.4, 0.5) is 0 Å². The number of rotatable bonds is 4. The van der Waals surface area contributed by atoms with Crippen LogP contribution in [0, 0.1) is 0 Å². The Morgan fingerprint density at radius 3 is 2.42 bits per heavy atom. The molecule has 1 aliphatic carbocycles. The number of quaternary nitrogens is 1. The first-order valence-corrected chi connectivity index (χ1v) is 10.1. The number of amides is 1. The van der Waals surface area contributed by atoms with Gasteiger partial charge in [-0.3, -0.25) is 4.79 Å². The van der Waals surface area contributed by atoms with Gasteiger partial charge in [-0.05, 0) is 55.9 Å².